The summed E-state index contributed by atoms with van der Waals surface area (Å²) >= 11 is 0. The van der Waals surface area contributed by atoms with E-state index in [1.807, 2.05) is 20.8 Å². The van der Waals surface area contributed by atoms with Crippen LogP contribution in [-0.2, 0) is 19.1 Å². The average molecular weight is 395 g/mol. The third kappa shape index (κ3) is 5.04. The SMILES string of the molecule is CC(C)(C)OC(=O)N1CCCC2(CCCC(=O)N2)C1COC1CCC(=O)CC1. The van der Waals surface area contributed by atoms with E-state index in [9.17, 15) is 14.4 Å². The normalized spacial score (nSPS) is 29.7. The van der Waals surface area contributed by atoms with Gasteiger partial charge in [0.15, 0.2) is 0 Å². The fourth-order valence-electron chi connectivity index (χ4n) is 4.69. The van der Waals surface area contributed by atoms with Crippen molar-refractivity contribution in [2.24, 2.45) is 0 Å². The Balaban J connectivity index is 1.76. The average Bonchev–Trinajstić information content (AvgIpc) is 2.60. The Morgan fingerprint density at radius 1 is 1.14 bits per heavy atom. The molecular weight excluding hydrogens is 360 g/mol. The molecule has 2 saturated heterocycles. The van der Waals surface area contributed by atoms with Crippen LogP contribution in [0, 0.1) is 0 Å². The number of piperidine rings is 2. The number of carbonyl (C=O) groups excluding carboxylic acids is 3. The van der Waals surface area contributed by atoms with E-state index < -0.39 is 11.1 Å². The summed E-state index contributed by atoms with van der Waals surface area (Å²) in [6.45, 7) is 6.54. The summed E-state index contributed by atoms with van der Waals surface area (Å²) in [5, 5.41) is 3.20. The summed E-state index contributed by atoms with van der Waals surface area (Å²) in [6.07, 6.45) is 6.15. The molecule has 3 rings (SSSR count). The predicted molar refractivity (Wildman–Crippen MR) is 104 cm³/mol. The van der Waals surface area contributed by atoms with Gasteiger partial charge >= 0.3 is 6.09 Å². The lowest BCUT2D eigenvalue weighted by Gasteiger charge is -2.52. The molecule has 7 nitrogen and oxygen atoms in total. The highest BCUT2D eigenvalue weighted by Crippen LogP contribution is 2.36. The summed E-state index contributed by atoms with van der Waals surface area (Å²) < 4.78 is 11.8. The third-order valence-corrected chi connectivity index (χ3v) is 6.06. The Morgan fingerprint density at radius 2 is 1.82 bits per heavy atom. The van der Waals surface area contributed by atoms with Gasteiger partial charge in [-0.3, -0.25) is 9.59 Å². The zero-order valence-corrected chi connectivity index (χ0v) is 17.4. The third-order valence-electron chi connectivity index (χ3n) is 6.06. The molecule has 1 saturated carbocycles. The van der Waals surface area contributed by atoms with E-state index in [1.165, 1.54) is 0 Å². The number of ether oxygens (including phenoxy) is 2. The molecule has 2 amide bonds. The van der Waals surface area contributed by atoms with Gasteiger partial charge in [-0.25, -0.2) is 4.79 Å². The minimum absolute atomic E-state index is 0.0384. The molecule has 2 atom stereocenters. The minimum Gasteiger partial charge on any atom is -0.444 e. The topological polar surface area (TPSA) is 84.9 Å². The second-order valence-corrected chi connectivity index (χ2v) is 9.42. The molecule has 2 aliphatic heterocycles. The van der Waals surface area contributed by atoms with Gasteiger partial charge in [-0.05, 0) is 59.3 Å². The van der Waals surface area contributed by atoms with Crippen LogP contribution < -0.4 is 5.32 Å². The standard InChI is InChI=1S/C21H34N2O5/c1-20(2,3)28-19(26)23-13-5-12-21(11-4-6-18(25)22-21)17(23)14-27-16-9-7-15(24)8-10-16/h16-17H,4-14H2,1-3H3,(H,22,25). The first-order chi connectivity index (χ1) is 13.2. The summed E-state index contributed by atoms with van der Waals surface area (Å²) in [5.41, 5.74) is -1.03. The first kappa shape index (κ1) is 21.1. The predicted octanol–water partition coefficient (Wildman–Crippen LogP) is 2.95. The molecule has 0 radical (unpaired) electrons. The number of amides is 2. The molecule has 2 unspecified atom stereocenters. The molecule has 0 aromatic heterocycles. The first-order valence-electron chi connectivity index (χ1n) is 10.6. The van der Waals surface area contributed by atoms with Crippen molar-refractivity contribution < 1.29 is 23.9 Å². The number of nitrogens with zero attached hydrogens (tertiary/aromatic N) is 1. The molecule has 0 aromatic carbocycles. The second kappa shape index (κ2) is 8.39. The maximum Gasteiger partial charge on any atom is 0.410 e. The van der Waals surface area contributed by atoms with Crippen LogP contribution in [-0.4, -0.2) is 59.1 Å². The molecule has 7 heteroatoms. The van der Waals surface area contributed by atoms with Crippen molar-refractivity contribution in [1.29, 1.82) is 0 Å². The van der Waals surface area contributed by atoms with Crippen LogP contribution in [0.5, 0.6) is 0 Å². The fourth-order valence-corrected chi connectivity index (χ4v) is 4.69. The van der Waals surface area contributed by atoms with Crippen LogP contribution in [0.15, 0.2) is 0 Å². The molecule has 0 aromatic rings. The molecule has 3 fully saturated rings. The van der Waals surface area contributed by atoms with Crippen LogP contribution in [0.2, 0.25) is 0 Å². The summed E-state index contributed by atoms with van der Waals surface area (Å²) in [5.74, 6) is 0.342. The highest BCUT2D eigenvalue weighted by Gasteiger charge is 2.49. The van der Waals surface area contributed by atoms with Gasteiger partial charge in [-0.1, -0.05) is 0 Å². The van der Waals surface area contributed by atoms with Gasteiger partial charge in [-0.2, -0.15) is 0 Å². The van der Waals surface area contributed by atoms with Crippen LogP contribution in [0.4, 0.5) is 4.79 Å². The number of ketones is 1. The minimum atomic E-state index is -0.577. The molecule has 1 spiro atoms. The van der Waals surface area contributed by atoms with E-state index in [0.29, 0.717) is 38.2 Å². The largest absolute Gasteiger partial charge is 0.444 e. The number of rotatable bonds is 3. The molecule has 1 N–H and O–H groups in total. The molecular formula is C21H34N2O5. The summed E-state index contributed by atoms with van der Waals surface area (Å²) in [6, 6.07) is -0.252. The van der Waals surface area contributed by atoms with Gasteiger partial charge < -0.3 is 19.7 Å². The van der Waals surface area contributed by atoms with E-state index in [1.54, 1.807) is 4.90 Å². The van der Waals surface area contributed by atoms with Gasteiger partial charge in [0.2, 0.25) is 5.91 Å². The van der Waals surface area contributed by atoms with Crippen molar-refractivity contribution >= 4 is 17.8 Å². The molecule has 0 bridgehead atoms. The Morgan fingerprint density at radius 3 is 2.46 bits per heavy atom. The van der Waals surface area contributed by atoms with Crippen molar-refractivity contribution in [1.82, 2.24) is 10.2 Å². The van der Waals surface area contributed by atoms with Crippen molar-refractivity contribution in [2.75, 3.05) is 13.2 Å². The highest BCUT2D eigenvalue weighted by atomic mass is 16.6. The summed E-state index contributed by atoms with van der Waals surface area (Å²) in [7, 11) is 0. The number of hydrogen-bond donors (Lipinski definition) is 1. The number of hydrogen-bond acceptors (Lipinski definition) is 5. The molecule has 2 heterocycles. The quantitative estimate of drug-likeness (QED) is 0.795. The Labute approximate surface area is 167 Å². The van der Waals surface area contributed by atoms with E-state index in [-0.39, 0.29) is 24.1 Å². The van der Waals surface area contributed by atoms with Gasteiger partial charge in [0, 0.05) is 25.8 Å². The van der Waals surface area contributed by atoms with E-state index in [0.717, 1.165) is 38.5 Å². The molecule has 3 aliphatic rings. The first-order valence-corrected chi connectivity index (χ1v) is 10.6. The molecule has 28 heavy (non-hydrogen) atoms. The zero-order chi connectivity index (χ0) is 20.4. The van der Waals surface area contributed by atoms with E-state index in [2.05, 4.69) is 5.32 Å². The van der Waals surface area contributed by atoms with E-state index >= 15 is 0 Å². The highest BCUT2D eigenvalue weighted by molar-refractivity contribution is 5.79. The molecule has 1 aliphatic carbocycles. The maximum absolute atomic E-state index is 12.9. The van der Waals surface area contributed by atoms with Crippen molar-refractivity contribution in [2.45, 2.75) is 102 Å². The number of carbonyl (C=O) groups is 3. The zero-order valence-electron chi connectivity index (χ0n) is 17.4. The van der Waals surface area contributed by atoms with Crippen LogP contribution in [0.3, 0.4) is 0 Å². The maximum atomic E-state index is 12.9. The lowest BCUT2D eigenvalue weighted by Crippen LogP contribution is -2.69. The van der Waals surface area contributed by atoms with Crippen LogP contribution in [0.25, 0.3) is 0 Å². The van der Waals surface area contributed by atoms with E-state index in [4.69, 9.17) is 9.47 Å². The fraction of sp³-hybridized carbons (Fsp3) is 0.857. The Bertz CT molecular complexity index is 600. The smallest absolute Gasteiger partial charge is 0.410 e. The molecule has 158 valence electrons. The van der Waals surface area contributed by atoms with Crippen LogP contribution in [0.1, 0.15) is 78.6 Å². The Kier molecular flexibility index (Phi) is 6.32. The number of likely N-dealkylation sites (tertiary alicyclic amines) is 1. The summed E-state index contributed by atoms with van der Waals surface area (Å²) in [4.78, 5) is 38.4. The van der Waals surface area contributed by atoms with Gasteiger partial charge in [-0.15, -0.1) is 0 Å². The van der Waals surface area contributed by atoms with Crippen LogP contribution >= 0.6 is 0 Å². The van der Waals surface area contributed by atoms with Gasteiger partial charge in [0.25, 0.3) is 0 Å². The monoisotopic (exact) mass is 394 g/mol. The lowest BCUT2D eigenvalue weighted by molar-refractivity contribution is -0.131. The van der Waals surface area contributed by atoms with Crippen molar-refractivity contribution in [3.63, 3.8) is 0 Å². The lowest BCUT2D eigenvalue weighted by atomic mass is 9.75. The van der Waals surface area contributed by atoms with Gasteiger partial charge in [0.05, 0.1) is 24.3 Å². The second-order valence-electron chi connectivity index (χ2n) is 9.42. The number of Topliss-reactive ketones (excluding diaryl/α,β-unsaturated/α-hetero) is 1. The Hall–Kier alpha value is -1.63. The van der Waals surface area contributed by atoms with Crippen molar-refractivity contribution in [3.8, 4) is 0 Å². The van der Waals surface area contributed by atoms with Gasteiger partial charge in [0.1, 0.15) is 11.4 Å². The number of nitrogens with one attached hydrogen (secondary N) is 1. The van der Waals surface area contributed by atoms with Crippen molar-refractivity contribution in [3.05, 3.63) is 0 Å².